The minimum absolute atomic E-state index is 0.138. The lowest BCUT2D eigenvalue weighted by atomic mass is 9.81. The maximum absolute atomic E-state index is 12.4. The molecule has 1 atom stereocenters. The molecule has 2 heterocycles. The number of fused-ring (bicyclic) bond motifs is 1. The first-order valence-electron chi connectivity index (χ1n) is 8.37. The summed E-state index contributed by atoms with van der Waals surface area (Å²) in [6, 6.07) is 8.67. The fourth-order valence-corrected chi connectivity index (χ4v) is 3.65. The summed E-state index contributed by atoms with van der Waals surface area (Å²) in [5.41, 5.74) is 3.61. The molecular weight excluding hydrogens is 350 g/mol. The van der Waals surface area contributed by atoms with Gasteiger partial charge in [-0.05, 0) is 29.3 Å². The van der Waals surface area contributed by atoms with Gasteiger partial charge in [0.05, 0.1) is 32.6 Å². The first-order valence-corrected chi connectivity index (χ1v) is 8.37. The molecular formula is C20H19NO6. The van der Waals surface area contributed by atoms with E-state index < -0.39 is 0 Å². The number of rotatable bonds is 4. The highest BCUT2D eigenvalue weighted by Crippen LogP contribution is 2.48. The predicted molar refractivity (Wildman–Crippen MR) is 97.7 cm³/mol. The summed E-state index contributed by atoms with van der Waals surface area (Å²) >= 11 is 0. The van der Waals surface area contributed by atoms with Gasteiger partial charge in [-0.2, -0.15) is 0 Å². The van der Waals surface area contributed by atoms with Gasteiger partial charge in [-0.3, -0.25) is 0 Å². The van der Waals surface area contributed by atoms with E-state index in [9.17, 15) is 9.90 Å². The predicted octanol–water partition coefficient (Wildman–Crippen LogP) is 2.79. The average molecular weight is 369 g/mol. The van der Waals surface area contributed by atoms with Crippen LogP contribution in [-0.2, 0) is 9.53 Å². The third-order valence-electron chi connectivity index (χ3n) is 4.84. The number of hydrogen-bond donors (Lipinski definition) is 2. The van der Waals surface area contributed by atoms with E-state index >= 15 is 0 Å². The number of cyclic esters (lactones) is 1. The highest BCUT2D eigenvalue weighted by molar-refractivity contribution is 5.97. The number of anilines is 1. The first-order chi connectivity index (χ1) is 13.1. The van der Waals surface area contributed by atoms with Gasteiger partial charge in [-0.1, -0.05) is 6.07 Å². The molecule has 2 N–H and O–H groups in total. The normalized spacial score (nSPS) is 17.6. The Morgan fingerprint density at radius 3 is 2.41 bits per heavy atom. The molecule has 7 nitrogen and oxygen atoms in total. The van der Waals surface area contributed by atoms with Crippen LogP contribution in [0.25, 0.3) is 0 Å². The molecule has 2 aliphatic heterocycles. The number of phenolic OH excluding ortho intramolecular Hbond substituents is 1. The van der Waals surface area contributed by atoms with Crippen LogP contribution in [0.3, 0.4) is 0 Å². The summed E-state index contributed by atoms with van der Waals surface area (Å²) in [7, 11) is 4.63. The fraction of sp³-hybridized carbons (Fsp3) is 0.250. The third-order valence-corrected chi connectivity index (χ3v) is 4.84. The van der Waals surface area contributed by atoms with Gasteiger partial charge in [-0.15, -0.1) is 0 Å². The molecule has 0 aliphatic carbocycles. The van der Waals surface area contributed by atoms with Crippen LogP contribution in [0.1, 0.15) is 17.0 Å². The van der Waals surface area contributed by atoms with Gasteiger partial charge in [0.1, 0.15) is 12.4 Å². The second-order valence-electron chi connectivity index (χ2n) is 6.26. The standard InChI is InChI=1S/C20H19NO6/c1-24-15-6-10(7-16(25-2)19(15)26-3)17-12-5-4-11(22)8-13(12)21-14-9-27-20(23)18(14)17/h4-8,17,21-22H,9H2,1-3H3/t17-/m1/s1. The molecule has 2 aromatic carbocycles. The number of ether oxygens (including phenoxy) is 4. The first kappa shape index (κ1) is 17.1. The van der Waals surface area contributed by atoms with E-state index in [-0.39, 0.29) is 24.2 Å². The SMILES string of the molecule is COc1cc([C@H]2C3=C(COC3=O)Nc3cc(O)ccc32)cc(OC)c1OC. The third kappa shape index (κ3) is 2.63. The molecule has 0 saturated heterocycles. The second kappa shape index (κ2) is 6.42. The largest absolute Gasteiger partial charge is 0.508 e. The van der Waals surface area contributed by atoms with Crippen molar-refractivity contribution in [1.29, 1.82) is 0 Å². The summed E-state index contributed by atoms with van der Waals surface area (Å²) in [5, 5.41) is 13.1. The van der Waals surface area contributed by atoms with Crippen LogP contribution in [0.2, 0.25) is 0 Å². The molecule has 0 radical (unpaired) electrons. The number of esters is 1. The van der Waals surface area contributed by atoms with Crippen molar-refractivity contribution in [3.8, 4) is 23.0 Å². The molecule has 0 spiro atoms. The molecule has 0 unspecified atom stereocenters. The summed E-state index contributed by atoms with van der Waals surface area (Å²) in [6.07, 6.45) is 0. The number of nitrogens with one attached hydrogen (secondary N) is 1. The van der Waals surface area contributed by atoms with Crippen molar-refractivity contribution < 1.29 is 28.8 Å². The number of carbonyl (C=O) groups is 1. The van der Waals surface area contributed by atoms with Crippen LogP contribution in [0.4, 0.5) is 5.69 Å². The van der Waals surface area contributed by atoms with Crippen LogP contribution in [0.5, 0.6) is 23.0 Å². The Labute approximate surface area is 156 Å². The van der Waals surface area contributed by atoms with Crippen molar-refractivity contribution in [2.75, 3.05) is 33.3 Å². The molecule has 0 aromatic heterocycles. The van der Waals surface area contributed by atoms with E-state index in [0.29, 0.717) is 28.5 Å². The monoisotopic (exact) mass is 369 g/mol. The minimum Gasteiger partial charge on any atom is -0.508 e. The fourth-order valence-electron chi connectivity index (χ4n) is 3.65. The van der Waals surface area contributed by atoms with Gasteiger partial charge >= 0.3 is 5.97 Å². The van der Waals surface area contributed by atoms with Gasteiger partial charge in [0.2, 0.25) is 5.75 Å². The zero-order valence-corrected chi connectivity index (χ0v) is 15.2. The lowest BCUT2D eigenvalue weighted by Gasteiger charge is -2.28. The average Bonchev–Trinajstić information content (AvgIpc) is 3.05. The quantitative estimate of drug-likeness (QED) is 0.802. The Balaban J connectivity index is 1.95. The Hall–Kier alpha value is -3.35. The van der Waals surface area contributed by atoms with Crippen LogP contribution in [0.15, 0.2) is 41.6 Å². The number of aromatic hydroxyl groups is 1. The topological polar surface area (TPSA) is 86.3 Å². The summed E-state index contributed by atoms with van der Waals surface area (Å²) < 4.78 is 21.6. The van der Waals surface area contributed by atoms with Crippen molar-refractivity contribution in [2.24, 2.45) is 0 Å². The number of benzene rings is 2. The van der Waals surface area contributed by atoms with Crippen LogP contribution in [0, 0.1) is 0 Å². The van der Waals surface area contributed by atoms with Gasteiger partial charge in [-0.25, -0.2) is 4.79 Å². The van der Waals surface area contributed by atoms with Crippen molar-refractivity contribution in [3.63, 3.8) is 0 Å². The number of phenols is 1. The van der Waals surface area contributed by atoms with Crippen molar-refractivity contribution in [3.05, 3.63) is 52.7 Å². The molecule has 0 fully saturated rings. The van der Waals surface area contributed by atoms with Gasteiger partial charge < -0.3 is 29.4 Å². The Morgan fingerprint density at radius 1 is 1.07 bits per heavy atom. The van der Waals surface area contributed by atoms with Crippen LogP contribution in [-0.4, -0.2) is 39.0 Å². The Kier molecular flexibility index (Phi) is 4.07. The van der Waals surface area contributed by atoms with E-state index in [4.69, 9.17) is 18.9 Å². The van der Waals surface area contributed by atoms with E-state index in [1.54, 1.807) is 32.4 Å². The van der Waals surface area contributed by atoms with Crippen LogP contribution < -0.4 is 19.5 Å². The molecule has 2 aliphatic rings. The Bertz CT molecular complexity index is 940. The molecule has 0 bridgehead atoms. The summed E-state index contributed by atoms with van der Waals surface area (Å²) in [6.45, 7) is 0.171. The van der Waals surface area contributed by atoms with Crippen molar-refractivity contribution >= 4 is 11.7 Å². The van der Waals surface area contributed by atoms with E-state index in [0.717, 1.165) is 16.8 Å². The Morgan fingerprint density at radius 2 is 1.78 bits per heavy atom. The van der Waals surface area contributed by atoms with E-state index in [1.807, 2.05) is 12.1 Å². The maximum Gasteiger partial charge on any atom is 0.337 e. The molecule has 7 heteroatoms. The molecule has 0 amide bonds. The highest BCUT2D eigenvalue weighted by Gasteiger charge is 2.39. The molecule has 140 valence electrons. The van der Waals surface area contributed by atoms with Gasteiger partial charge in [0.25, 0.3) is 0 Å². The lowest BCUT2D eigenvalue weighted by molar-refractivity contribution is -0.136. The molecule has 2 aromatic rings. The minimum atomic E-state index is -0.388. The zero-order valence-electron chi connectivity index (χ0n) is 15.2. The number of hydrogen-bond acceptors (Lipinski definition) is 7. The van der Waals surface area contributed by atoms with Gasteiger partial charge in [0.15, 0.2) is 11.5 Å². The molecule has 0 saturated carbocycles. The summed E-state index contributed by atoms with van der Waals surface area (Å²) in [4.78, 5) is 12.4. The van der Waals surface area contributed by atoms with E-state index in [1.165, 1.54) is 7.11 Å². The highest BCUT2D eigenvalue weighted by atomic mass is 16.5. The summed E-state index contributed by atoms with van der Waals surface area (Å²) in [5.74, 6) is 0.861. The number of carbonyl (C=O) groups excluding carboxylic acids is 1. The van der Waals surface area contributed by atoms with Crippen molar-refractivity contribution in [1.82, 2.24) is 0 Å². The van der Waals surface area contributed by atoms with Crippen LogP contribution >= 0.6 is 0 Å². The zero-order chi connectivity index (χ0) is 19.1. The smallest absolute Gasteiger partial charge is 0.337 e. The maximum atomic E-state index is 12.4. The van der Waals surface area contributed by atoms with Gasteiger partial charge in [0, 0.05) is 17.7 Å². The molecule has 27 heavy (non-hydrogen) atoms. The van der Waals surface area contributed by atoms with Crippen molar-refractivity contribution in [2.45, 2.75) is 5.92 Å². The van der Waals surface area contributed by atoms with E-state index in [2.05, 4.69) is 5.32 Å². The second-order valence-corrected chi connectivity index (χ2v) is 6.26. The molecule has 4 rings (SSSR count). The lowest BCUT2D eigenvalue weighted by Crippen LogP contribution is -2.20. The number of methoxy groups -OCH3 is 3.